The minimum Gasteiger partial charge on any atom is -0.360 e. The van der Waals surface area contributed by atoms with Gasteiger partial charge in [0.15, 0.2) is 0 Å². The Bertz CT molecular complexity index is 857. The maximum atomic E-state index is 12.6. The molecule has 1 amide bonds. The number of rotatable bonds is 3. The summed E-state index contributed by atoms with van der Waals surface area (Å²) in [5.74, 6) is 0.130. The van der Waals surface area contributed by atoms with Crippen LogP contribution in [-0.4, -0.2) is 11.1 Å². The van der Waals surface area contributed by atoms with E-state index in [4.69, 9.17) is 27.7 Å². The highest BCUT2D eigenvalue weighted by Gasteiger charge is 2.21. The van der Waals surface area contributed by atoms with Crippen LogP contribution >= 0.6 is 23.2 Å². The Balaban J connectivity index is 1.95. The average molecular weight is 347 g/mol. The monoisotopic (exact) mass is 346 g/mol. The van der Waals surface area contributed by atoms with Crippen LogP contribution in [0.15, 0.2) is 53.1 Å². The molecule has 23 heavy (non-hydrogen) atoms. The Kier molecular flexibility index (Phi) is 4.37. The summed E-state index contributed by atoms with van der Waals surface area (Å²) >= 11 is 11.8. The fourth-order valence-corrected chi connectivity index (χ4v) is 2.52. The van der Waals surface area contributed by atoms with Crippen molar-refractivity contribution < 1.29 is 9.32 Å². The van der Waals surface area contributed by atoms with Gasteiger partial charge in [-0.15, -0.1) is 0 Å². The van der Waals surface area contributed by atoms with Gasteiger partial charge in [-0.3, -0.25) is 4.79 Å². The Hall–Kier alpha value is -2.30. The highest BCUT2D eigenvalue weighted by atomic mass is 35.5. The molecule has 0 aliphatic rings. The van der Waals surface area contributed by atoms with E-state index in [-0.39, 0.29) is 5.91 Å². The summed E-state index contributed by atoms with van der Waals surface area (Å²) in [7, 11) is 0. The summed E-state index contributed by atoms with van der Waals surface area (Å²) in [4.78, 5) is 12.6. The van der Waals surface area contributed by atoms with Crippen LogP contribution in [0.5, 0.6) is 0 Å². The van der Waals surface area contributed by atoms with Crippen LogP contribution in [0.3, 0.4) is 0 Å². The Morgan fingerprint density at radius 3 is 2.52 bits per heavy atom. The Morgan fingerprint density at radius 1 is 1.09 bits per heavy atom. The van der Waals surface area contributed by atoms with Crippen LogP contribution in [0.4, 0.5) is 5.69 Å². The van der Waals surface area contributed by atoms with Crippen LogP contribution in [0, 0.1) is 6.92 Å². The van der Waals surface area contributed by atoms with E-state index in [1.54, 1.807) is 55.5 Å². The van der Waals surface area contributed by atoms with E-state index in [0.29, 0.717) is 32.8 Å². The Morgan fingerprint density at radius 2 is 1.83 bits per heavy atom. The number of carbonyl (C=O) groups excluding carboxylic acids is 1. The molecule has 0 saturated heterocycles. The number of hydrogen-bond acceptors (Lipinski definition) is 3. The molecular weight excluding hydrogens is 335 g/mol. The third-order valence-corrected chi connectivity index (χ3v) is 3.78. The van der Waals surface area contributed by atoms with Crippen molar-refractivity contribution in [1.29, 1.82) is 0 Å². The Labute approximate surface area is 143 Å². The average Bonchev–Trinajstić information content (AvgIpc) is 2.90. The SMILES string of the molecule is Cc1onc(-c2ccc(Cl)cc2)c1C(=O)Nc1cccc(Cl)c1. The molecule has 1 N–H and O–H groups in total. The molecular formula is C17H12Cl2N2O2. The molecule has 0 bridgehead atoms. The van der Waals surface area contributed by atoms with Crippen LogP contribution in [0.1, 0.15) is 16.1 Å². The first-order valence-electron chi connectivity index (χ1n) is 6.84. The lowest BCUT2D eigenvalue weighted by atomic mass is 10.1. The molecule has 0 radical (unpaired) electrons. The summed E-state index contributed by atoms with van der Waals surface area (Å²) in [6, 6.07) is 14.0. The van der Waals surface area contributed by atoms with E-state index in [9.17, 15) is 4.79 Å². The number of anilines is 1. The number of halogens is 2. The molecule has 4 nitrogen and oxygen atoms in total. The van der Waals surface area contributed by atoms with Crippen LogP contribution in [0.2, 0.25) is 10.0 Å². The summed E-state index contributed by atoms with van der Waals surface area (Å²) in [5.41, 5.74) is 2.21. The third-order valence-electron chi connectivity index (χ3n) is 3.29. The zero-order chi connectivity index (χ0) is 16.4. The first-order chi connectivity index (χ1) is 11.0. The standard InChI is InChI=1S/C17H12Cl2N2O2/c1-10-15(17(22)20-14-4-2-3-13(19)9-14)16(21-23-10)11-5-7-12(18)8-6-11/h2-9H,1H3,(H,20,22). The fraction of sp³-hybridized carbons (Fsp3) is 0.0588. The van der Waals surface area contributed by atoms with Crippen molar-refractivity contribution in [3.63, 3.8) is 0 Å². The van der Waals surface area contributed by atoms with E-state index in [1.165, 1.54) is 0 Å². The van der Waals surface area contributed by atoms with Crippen LogP contribution < -0.4 is 5.32 Å². The van der Waals surface area contributed by atoms with Crippen molar-refractivity contribution in [2.45, 2.75) is 6.92 Å². The molecule has 0 atom stereocenters. The maximum absolute atomic E-state index is 12.6. The smallest absolute Gasteiger partial charge is 0.261 e. The molecule has 3 rings (SSSR count). The van der Waals surface area contributed by atoms with E-state index >= 15 is 0 Å². The van der Waals surface area contributed by atoms with Gasteiger partial charge in [-0.2, -0.15) is 0 Å². The lowest BCUT2D eigenvalue weighted by molar-refractivity contribution is 0.102. The molecule has 0 aliphatic carbocycles. The van der Waals surface area contributed by atoms with Crippen molar-refractivity contribution in [2.75, 3.05) is 5.32 Å². The second-order valence-corrected chi connectivity index (χ2v) is 5.81. The molecule has 6 heteroatoms. The van der Waals surface area contributed by atoms with Crippen molar-refractivity contribution in [1.82, 2.24) is 5.16 Å². The molecule has 116 valence electrons. The number of nitrogens with one attached hydrogen (secondary N) is 1. The second kappa shape index (κ2) is 6.44. The molecule has 2 aromatic carbocycles. The molecule has 0 unspecified atom stereocenters. The normalized spacial score (nSPS) is 10.6. The first kappa shape index (κ1) is 15.6. The minimum atomic E-state index is -0.309. The van der Waals surface area contributed by atoms with Gasteiger partial charge >= 0.3 is 0 Å². The number of nitrogens with zero attached hydrogens (tertiary/aromatic N) is 1. The van der Waals surface area contributed by atoms with Gasteiger partial charge in [0.1, 0.15) is 17.0 Å². The van der Waals surface area contributed by atoms with Crippen LogP contribution in [-0.2, 0) is 0 Å². The lowest BCUT2D eigenvalue weighted by Gasteiger charge is -2.06. The predicted octanol–water partition coefficient (Wildman–Crippen LogP) is 5.21. The number of aromatic nitrogens is 1. The van der Waals surface area contributed by atoms with Crippen molar-refractivity contribution in [3.8, 4) is 11.3 Å². The molecule has 0 aliphatic heterocycles. The molecule has 0 spiro atoms. The number of amides is 1. The zero-order valence-corrected chi connectivity index (χ0v) is 13.7. The molecule has 1 aromatic heterocycles. The lowest BCUT2D eigenvalue weighted by Crippen LogP contribution is -2.13. The molecule has 1 heterocycles. The van der Waals surface area contributed by atoms with Gasteiger partial charge in [-0.25, -0.2) is 0 Å². The maximum Gasteiger partial charge on any atom is 0.261 e. The van der Waals surface area contributed by atoms with Crippen LogP contribution in [0.25, 0.3) is 11.3 Å². The number of hydrogen-bond donors (Lipinski definition) is 1. The second-order valence-electron chi connectivity index (χ2n) is 4.93. The summed E-state index contributed by atoms with van der Waals surface area (Å²) in [6.45, 7) is 1.69. The zero-order valence-electron chi connectivity index (χ0n) is 12.1. The van der Waals surface area contributed by atoms with Gasteiger partial charge in [0.2, 0.25) is 0 Å². The fourth-order valence-electron chi connectivity index (χ4n) is 2.20. The van der Waals surface area contributed by atoms with Gasteiger partial charge in [-0.1, -0.05) is 46.6 Å². The molecule has 0 saturated carbocycles. The number of benzene rings is 2. The van der Waals surface area contributed by atoms with Gasteiger partial charge in [0, 0.05) is 21.3 Å². The summed E-state index contributed by atoms with van der Waals surface area (Å²) < 4.78 is 5.19. The largest absolute Gasteiger partial charge is 0.360 e. The first-order valence-corrected chi connectivity index (χ1v) is 7.59. The van der Waals surface area contributed by atoms with Crippen molar-refractivity contribution in [2.24, 2.45) is 0 Å². The van der Waals surface area contributed by atoms with Gasteiger partial charge in [-0.05, 0) is 37.3 Å². The molecule has 0 fully saturated rings. The number of aryl methyl sites for hydroxylation is 1. The van der Waals surface area contributed by atoms with Gasteiger partial charge < -0.3 is 9.84 Å². The predicted molar refractivity (Wildman–Crippen MR) is 91.1 cm³/mol. The van der Waals surface area contributed by atoms with E-state index < -0.39 is 0 Å². The summed E-state index contributed by atoms with van der Waals surface area (Å²) in [6.07, 6.45) is 0. The third kappa shape index (κ3) is 3.38. The topological polar surface area (TPSA) is 55.1 Å². The van der Waals surface area contributed by atoms with Gasteiger partial charge in [0.05, 0.1) is 0 Å². The van der Waals surface area contributed by atoms with Crippen molar-refractivity contribution in [3.05, 3.63) is 69.9 Å². The number of carbonyl (C=O) groups is 1. The minimum absolute atomic E-state index is 0.309. The van der Waals surface area contributed by atoms with Crippen molar-refractivity contribution >= 4 is 34.8 Å². The van der Waals surface area contributed by atoms with E-state index in [1.807, 2.05) is 0 Å². The van der Waals surface area contributed by atoms with E-state index in [0.717, 1.165) is 5.56 Å². The van der Waals surface area contributed by atoms with Gasteiger partial charge in [0.25, 0.3) is 5.91 Å². The highest BCUT2D eigenvalue weighted by molar-refractivity contribution is 6.31. The molecule has 3 aromatic rings. The quantitative estimate of drug-likeness (QED) is 0.708. The highest BCUT2D eigenvalue weighted by Crippen LogP contribution is 2.27. The summed E-state index contributed by atoms with van der Waals surface area (Å²) in [5, 5.41) is 7.94. The van der Waals surface area contributed by atoms with E-state index in [2.05, 4.69) is 10.5 Å².